The monoisotopic (exact) mass is 247 g/mol. The van der Waals surface area contributed by atoms with Gasteiger partial charge in [0.1, 0.15) is 24.0 Å². The van der Waals surface area contributed by atoms with Gasteiger partial charge in [0, 0.05) is 11.8 Å². The molecule has 0 atom stereocenters. The van der Waals surface area contributed by atoms with Crippen LogP contribution >= 0.6 is 0 Å². The van der Waals surface area contributed by atoms with E-state index in [2.05, 4.69) is 9.97 Å². The lowest BCUT2D eigenvalue weighted by molar-refractivity contribution is 0.293. The number of hydrogen-bond donors (Lipinski definition) is 1. The standard InChI is InChI=1S/C13H14FN3O/c1-8-5-10(14)3-4-11(8)18-7-13-16-9(2)6-12(15)17-13/h3-6H,7H2,1-2H3,(H2,15,16,17). The molecule has 0 fully saturated rings. The van der Waals surface area contributed by atoms with Crippen LogP contribution in [0.1, 0.15) is 17.1 Å². The first-order valence-corrected chi connectivity index (χ1v) is 5.53. The van der Waals surface area contributed by atoms with E-state index in [9.17, 15) is 4.39 Å². The Morgan fingerprint density at radius 3 is 2.67 bits per heavy atom. The highest BCUT2D eigenvalue weighted by atomic mass is 19.1. The number of hydrogen-bond acceptors (Lipinski definition) is 4. The van der Waals surface area contributed by atoms with Crippen molar-refractivity contribution in [1.29, 1.82) is 0 Å². The maximum Gasteiger partial charge on any atom is 0.168 e. The number of aryl methyl sites for hydroxylation is 2. The van der Waals surface area contributed by atoms with Crippen molar-refractivity contribution in [3.05, 3.63) is 47.2 Å². The Hall–Kier alpha value is -2.17. The minimum Gasteiger partial charge on any atom is -0.485 e. The summed E-state index contributed by atoms with van der Waals surface area (Å²) in [6.07, 6.45) is 0. The summed E-state index contributed by atoms with van der Waals surface area (Å²) in [5.41, 5.74) is 7.14. The average molecular weight is 247 g/mol. The number of nitrogens with two attached hydrogens (primary N) is 1. The Kier molecular flexibility index (Phi) is 3.41. The number of benzene rings is 1. The van der Waals surface area contributed by atoms with Crippen LogP contribution in [-0.4, -0.2) is 9.97 Å². The lowest BCUT2D eigenvalue weighted by Gasteiger charge is -2.09. The Morgan fingerprint density at radius 1 is 1.22 bits per heavy atom. The summed E-state index contributed by atoms with van der Waals surface area (Å²) in [5.74, 6) is 1.25. The molecule has 2 aromatic rings. The third-order valence-corrected chi connectivity index (χ3v) is 2.41. The molecule has 0 spiro atoms. The number of ether oxygens (including phenoxy) is 1. The fourth-order valence-corrected chi connectivity index (χ4v) is 1.64. The lowest BCUT2D eigenvalue weighted by Crippen LogP contribution is -2.05. The smallest absolute Gasteiger partial charge is 0.168 e. The van der Waals surface area contributed by atoms with E-state index < -0.39 is 0 Å². The second-order valence-electron chi connectivity index (χ2n) is 4.05. The van der Waals surface area contributed by atoms with Gasteiger partial charge in [0.2, 0.25) is 0 Å². The second kappa shape index (κ2) is 5.00. The molecule has 2 rings (SSSR count). The molecule has 2 N–H and O–H groups in total. The van der Waals surface area contributed by atoms with Crippen LogP contribution in [0.2, 0.25) is 0 Å². The normalized spacial score (nSPS) is 10.4. The fourth-order valence-electron chi connectivity index (χ4n) is 1.64. The van der Waals surface area contributed by atoms with Crippen molar-refractivity contribution in [3.8, 4) is 5.75 Å². The van der Waals surface area contributed by atoms with Crippen molar-refractivity contribution >= 4 is 5.82 Å². The molecule has 1 heterocycles. The summed E-state index contributed by atoms with van der Waals surface area (Å²) in [5, 5.41) is 0. The van der Waals surface area contributed by atoms with E-state index >= 15 is 0 Å². The Bertz CT molecular complexity index is 552. The second-order valence-corrected chi connectivity index (χ2v) is 4.05. The Balaban J connectivity index is 2.11. The predicted octanol–water partition coefficient (Wildman–Crippen LogP) is 2.39. The summed E-state index contributed by atoms with van der Waals surface area (Å²) < 4.78 is 18.5. The van der Waals surface area contributed by atoms with E-state index in [1.807, 2.05) is 6.92 Å². The first kappa shape index (κ1) is 12.3. The third kappa shape index (κ3) is 2.94. The van der Waals surface area contributed by atoms with Gasteiger partial charge < -0.3 is 10.5 Å². The molecule has 0 amide bonds. The molecule has 18 heavy (non-hydrogen) atoms. The number of anilines is 1. The van der Waals surface area contributed by atoms with Crippen molar-refractivity contribution < 1.29 is 9.13 Å². The first-order valence-electron chi connectivity index (χ1n) is 5.53. The minimum atomic E-state index is -0.282. The molecule has 94 valence electrons. The number of halogens is 1. The molecule has 0 aliphatic rings. The van der Waals surface area contributed by atoms with Crippen LogP contribution in [-0.2, 0) is 6.61 Å². The molecule has 0 aliphatic heterocycles. The minimum absolute atomic E-state index is 0.207. The quantitative estimate of drug-likeness (QED) is 0.904. The van der Waals surface area contributed by atoms with Crippen LogP contribution in [0.5, 0.6) is 5.75 Å². The van der Waals surface area contributed by atoms with Gasteiger partial charge in [0.15, 0.2) is 5.82 Å². The maximum absolute atomic E-state index is 12.9. The largest absolute Gasteiger partial charge is 0.485 e. The van der Waals surface area contributed by atoms with Gasteiger partial charge in [0.05, 0.1) is 0 Å². The topological polar surface area (TPSA) is 61.0 Å². The number of aromatic nitrogens is 2. The van der Waals surface area contributed by atoms with Crippen molar-refractivity contribution in [2.45, 2.75) is 20.5 Å². The van der Waals surface area contributed by atoms with E-state index in [0.29, 0.717) is 17.4 Å². The number of rotatable bonds is 3. The molecule has 1 aromatic carbocycles. The zero-order valence-electron chi connectivity index (χ0n) is 10.3. The third-order valence-electron chi connectivity index (χ3n) is 2.41. The van der Waals surface area contributed by atoms with Crippen molar-refractivity contribution in [3.63, 3.8) is 0 Å². The molecule has 5 heteroatoms. The summed E-state index contributed by atoms with van der Waals surface area (Å²) in [4.78, 5) is 8.27. The average Bonchev–Trinajstić information content (AvgIpc) is 2.26. The van der Waals surface area contributed by atoms with E-state index in [1.165, 1.54) is 12.1 Å². The molecule has 0 unspecified atom stereocenters. The van der Waals surface area contributed by atoms with Gasteiger partial charge in [-0.2, -0.15) is 0 Å². The molecule has 0 bridgehead atoms. The first-order chi connectivity index (χ1) is 8.54. The molecule has 0 saturated carbocycles. The molecular formula is C13H14FN3O. The van der Waals surface area contributed by atoms with E-state index in [0.717, 1.165) is 11.3 Å². The zero-order chi connectivity index (χ0) is 13.1. The van der Waals surface area contributed by atoms with Crippen LogP contribution in [0.25, 0.3) is 0 Å². The SMILES string of the molecule is Cc1cc(N)nc(COc2ccc(F)cc2C)n1. The van der Waals surface area contributed by atoms with Gasteiger partial charge in [-0.05, 0) is 37.6 Å². The molecule has 0 radical (unpaired) electrons. The van der Waals surface area contributed by atoms with Crippen LogP contribution in [0.15, 0.2) is 24.3 Å². The van der Waals surface area contributed by atoms with E-state index in [-0.39, 0.29) is 12.4 Å². The van der Waals surface area contributed by atoms with Crippen LogP contribution in [0.3, 0.4) is 0 Å². The molecule has 0 aliphatic carbocycles. The highest BCUT2D eigenvalue weighted by Gasteiger charge is 2.04. The van der Waals surface area contributed by atoms with Crippen LogP contribution < -0.4 is 10.5 Å². The van der Waals surface area contributed by atoms with Gasteiger partial charge in [-0.3, -0.25) is 0 Å². The summed E-state index contributed by atoms with van der Waals surface area (Å²) in [7, 11) is 0. The summed E-state index contributed by atoms with van der Waals surface area (Å²) in [6.45, 7) is 3.83. The summed E-state index contributed by atoms with van der Waals surface area (Å²) >= 11 is 0. The molecule has 0 saturated heterocycles. The Morgan fingerprint density at radius 2 is 2.00 bits per heavy atom. The fraction of sp³-hybridized carbons (Fsp3) is 0.231. The van der Waals surface area contributed by atoms with Gasteiger partial charge in [0.25, 0.3) is 0 Å². The van der Waals surface area contributed by atoms with Crippen LogP contribution in [0, 0.1) is 19.7 Å². The van der Waals surface area contributed by atoms with Crippen molar-refractivity contribution in [1.82, 2.24) is 9.97 Å². The van der Waals surface area contributed by atoms with Crippen LogP contribution in [0.4, 0.5) is 10.2 Å². The summed E-state index contributed by atoms with van der Waals surface area (Å²) in [6, 6.07) is 6.05. The van der Waals surface area contributed by atoms with E-state index in [1.54, 1.807) is 19.1 Å². The van der Waals surface area contributed by atoms with Gasteiger partial charge in [-0.1, -0.05) is 0 Å². The van der Waals surface area contributed by atoms with Crippen molar-refractivity contribution in [2.75, 3.05) is 5.73 Å². The molecule has 4 nitrogen and oxygen atoms in total. The zero-order valence-corrected chi connectivity index (χ0v) is 10.3. The van der Waals surface area contributed by atoms with E-state index in [4.69, 9.17) is 10.5 Å². The predicted molar refractivity (Wildman–Crippen MR) is 66.7 cm³/mol. The van der Waals surface area contributed by atoms with Gasteiger partial charge >= 0.3 is 0 Å². The lowest BCUT2D eigenvalue weighted by atomic mass is 10.2. The molecule has 1 aromatic heterocycles. The maximum atomic E-state index is 12.9. The van der Waals surface area contributed by atoms with Crippen molar-refractivity contribution in [2.24, 2.45) is 0 Å². The van der Waals surface area contributed by atoms with Gasteiger partial charge in [-0.25, -0.2) is 14.4 Å². The highest BCUT2D eigenvalue weighted by Crippen LogP contribution is 2.19. The Labute approximate surface area is 105 Å². The highest BCUT2D eigenvalue weighted by molar-refractivity contribution is 5.33. The number of nitrogen functional groups attached to an aromatic ring is 1. The molecular weight excluding hydrogens is 233 g/mol. The number of nitrogens with zero attached hydrogens (tertiary/aromatic N) is 2. The van der Waals surface area contributed by atoms with Gasteiger partial charge in [-0.15, -0.1) is 0 Å².